The lowest BCUT2D eigenvalue weighted by Crippen LogP contribution is -2.49. The van der Waals surface area contributed by atoms with Crippen LogP contribution in [0.15, 0.2) is 42.5 Å². The predicted molar refractivity (Wildman–Crippen MR) is 121 cm³/mol. The zero-order valence-electron chi connectivity index (χ0n) is 18.5. The van der Waals surface area contributed by atoms with Crippen LogP contribution in [0, 0.1) is 23.4 Å². The molecule has 8 heteroatoms. The van der Waals surface area contributed by atoms with Gasteiger partial charge in [0.1, 0.15) is 23.5 Å². The molecule has 5 nitrogen and oxygen atoms in total. The molecule has 1 atom stereocenters. The number of nitrogens with one attached hydrogen (secondary N) is 3. The Balaban J connectivity index is 1.54. The standard InChI is InChI=1S/C25H30F3N3O2/c26-19-6-8-22(9-7-19)29-10-11-30-25(33)23(14-17-4-2-1-3-5-17)31-24(32)15-18-12-20(27)16-21(28)13-18/h6-9,12-13,16-17,23,29H,1-5,10-11,14-15H2,(H,30,33)(H,31,32)/t23-/m0/s1. The molecule has 0 bridgehead atoms. The highest BCUT2D eigenvalue weighted by Gasteiger charge is 2.26. The molecule has 2 amide bonds. The van der Waals surface area contributed by atoms with Gasteiger partial charge in [0.2, 0.25) is 11.8 Å². The maximum atomic E-state index is 13.4. The summed E-state index contributed by atoms with van der Waals surface area (Å²) in [5.41, 5.74) is 0.949. The second-order valence-electron chi connectivity index (χ2n) is 8.54. The Bertz CT molecular complexity index is 911. The molecule has 2 aromatic rings. The summed E-state index contributed by atoms with van der Waals surface area (Å²) in [6.07, 6.45) is 5.74. The van der Waals surface area contributed by atoms with Crippen molar-refractivity contribution in [3.63, 3.8) is 0 Å². The molecule has 1 saturated carbocycles. The van der Waals surface area contributed by atoms with E-state index in [-0.39, 0.29) is 23.7 Å². The first-order chi connectivity index (χ1) is 15.9. The van der Waals surface area contributed by atoms with Gasteiger partial charge in [-0.3, -0.25) is 9.59 Å². The molecule has 0 heterocycles. The third-order valence-corrected chi connectivity index (χ3v) is 5.83. The van der Waals surface area contributed by atoms with Crippen LogP contribution in [0.25, 0.3) is 0 Å². The Morgan fingerprint density at radius 2 is 1.55 bits per heavy atom. The van der Waals surface area contributed by atoms with E-state index in [0.29, 0.717) is 25.4 Å². The van der Waals surface area contributed by atoms with E-state index < -0.39 is 23.6 Å². The third kappa shape index (κ3) is 8.44. The molecule has 1 aliphatic rings. The monoisotopic (exact) mass is 461 g/mol. The molecule has 178 valence electrons. The van der Waals surface area contributed by atoms with Crippen LogP contribution in [0.2, 0.25) is 0 Å². The van der Waals surface area contributed by atoms with Gasteiger partial charge in [0.15, 0.2) is 0 Å². The molecule has 33 heavy (non-hydrogen) atoms. The van der Waals surface area contributed by atoms with Crippen LogP contribution in [-0.4, -0.2) is 30.9 Å². The summed E-state index contributed by atoms with van der Waals surface area (Å²) in [7, 11) is 0. The van der Waals surface area contributed by atoms with Crippen molar-refractivity contribution < 1.29 is 22.8 Å². The molecule has 0 saturated heterocycles. The summed E-state index contributed by atoms with van der Waals surface area (Å²) >= 11 is 0. The number of amides is 2. The van der Waals surface area contributed by atoms with E-state index in [2.05, 4.69) is 16.0 Å². The molecule has 0 spiro atoms. The Kier molecular flexibility index (Phi) is 9.15. The molecule has 0 aliphatic heterocycles. The summed E-state index contributed by atoms with van der Waals surface area (Å²) in [4.78, 5) is 25.4. The van der Waals surface area contributed by atoms with Gasteiger partial charge in [0.05, 0.1) is 6.42 Å². The maximum absolute atomic E-state index is 13.4. The van der Waals surface area contributed by atoms with Crippen molar-refractivity contribution in [3.8, 4) is 0 Å². The van der Waals surface area contributed by atoms with Crippen LogP contribution in [0.1, 0.15) is 44.1 Å². The number of rotatable bonds is 10. The Morgan fingerprint density at radius 1 is 0.879 bits per heavy atom. The molecule has 2 aromatic carbocycles. The van der Waals surface area contributed by atoms with Crippen molar-refractivity contribution in [1.82, 2.24) is 10.6 Å². The minimum absolute atomic E-state index is 0.213. The van der Waals surface area contributed by atoms with E-state index >= 15 is 0 Å². The SMILES string of the molecule is O=C(Cc1cc(F)cc(F)c1)N[C@@H](CC1CCCCC1)C(=O)NCCNc1ccc(F)cc1. The number of carbonyl (C=O) groups excluding carboxylic acids is 2. The summed E-state index contributed by atoms with van der Waals surface area (Å²) in [6, 6.07) is 8.17. The van der Waals surface area contributed by atoms with Gasteiger partial charge in [-0.25, -0.2) is 13.2 Å². The van der Waals surface area contributed by atoms with Crippen LogP contribution >= 0.6 is 0 Å². The van der Waals surface area contributed by atoms with Crippen LogP contribution in [0.5, 0.6) is 0 Å². The topological polar surface area (TPSA) is 70.2 Å². The predicted octanol–water partition coefficient (Wildman–Crippen LogP) is 4.33. The van der Waals surface area contributed by atoms with Crippen molar-refractivity contribution >= 4 is 17.5 Å². The fourth-order valence-electron chi connectivity index (χ4n) is 4.21. The minimum atomic E-state index is -0.747. The molecule has 1 aliphatic carbocycles. The Labute approximate surface area is 192 Å². The van der Waals surface area contributed by atoms with Crippen molar-refractivity contribution in [2.24, 2.45) is 5.92 Å². The Hall–Kier alpha value is -3.03. The van der Waals surface area contributed by atoms with E-state index in [1.54, 1.807) is 12.1 Å². The first-order valence-corrected chi connectivity index (χ1v) is 11.4. The third-order valence-electron chi connectivity index (χ3n) is 5.83. The van der Waals surface area contributed by atoms with E-state index in [9.17, 15) is 22.8 Å². The van der Waals surface area contributed by atoms with Crippen molar-refractivity contribution in [3.05, 3.63) is 65.5 Å². The summed E-state index contributed by atoms with van der Waals surface area (Å²) in [5.74, 6) is -2.22. The lowest BCUT2D eigenvalue weighted by atomic mass is 9.84. The second-order valence-corrected chi connectivity index (χ2v) is 8.54. The average Bonchev–Trinajstić information content (AvgIpc) is 2.77. The van der Waals surface area contributed by atoms with Crippen LogP contribution in [0.3, 0.4) is 0 Å². The lowest BCUT2D eigenvalue weighted by Gasteiger charge is -2.26. The minimum Gasteiger partial charge on any atom is -0.383 e. The second kappa shape index (κ2) is 12.3. The van der Waals surface area contributed by atoms with Gasteiger partial charge in [-0.05, 0) is 54.3 Å². The van der Waals surface area contributed by atoms with Gasteiger partial charge in [-0.2, -0.15) is 0 Å². The van der Waals surface area contributed by atoms with E-state index in [1.165, 1.54) is 18.6 Å². The average molecular weight is 462 g/mol. The summed E-state index contributed by atoms with van der Waals surface area (Å²) < 4.78 is 39.9. The smallest absolute Gasteiger partial charge is 0.242 e. The molecule has 0 radical (unpaired) electrons. The zero-order valence-corrected chi connectivity index (χ0v) is 18.5. The fraction of sp³-hybridized carbons (Fsp3) is 0.440. The van der Waals surface area contributed by atoms with E-state index in [1.807, 2.05) is 0 Å². The van der Waals surface area contributed by atoms with Crippen LogP contribution < -0.4 is 16.0 Å². The number of carbonyl (C=O) groups is 2. The van der Waals surface area contributed by atoms with Gasteiger partial charge in [-0.1, -0.05) is 32.1 Å². The zero-order chi connectivity index (χ0) is 23.6. The molecule has 3 rings (SSSR count). The highest BCUT2D eigenvalue weighted by molar-refractivity contribution is 5.88. The largest absolute Gasteiger partial charge is 0.383 e. The highest BCUT2D eigenvalue weighted by atomic mass is 19.1. The first kappa shape index (κ1) is 24.6. The molecule has 1 fully saturated rings. The van der Waals surface area contributed by atoms with Gasteiger partial charge in [0.25, 0.3) is 0 Å². The fourth-order valence-corrected chi connectivity index (χ4v) is 4.21. The van der Waals surface area contributed by atoms with E-state index in [4.69, 9.17) is 0 Å². The van der Waals surface area contributed by atoms with Gasteiger partial charge in [0, 0.05) is 24.8 Å². The first-order valence-electron chi connectivity index (χ1n) is 11.4. The quantitative estimate of drug-likeness (QED) is 0.462. The maximum Gasteiger partial charge on any atom is 0.242 e. The Morgan fingerprint density at radius 3 is 2.21 bits per heavy atom. The van der Waals surface area contributed by atoms with Gasteiger partial charge < -0.3 is 16.0 Å². The molecule has 0 unspecified atom stereocenters. The van der Waals surface area contributed by atoms with Crippen molar-refractivity contribution in [2.75, 3.05) is 18.4 Å². The summed E-state index contributed by atoms with van der Waals surface area (Å²) in [6.45, 7) is 0.756. The number of hydrogen-bond donors (Lipinski definition) is 3. The number of benzene rings is 2. The molecular formula is C25H30F3N3O2. The van der Waals surface area contributed by atoms with Gasteiger partial charge >= 0.3 is 0 Å². The van der Waals surface area contributed by atoms with Gasteiger partial charge in [-0.15, -0.1) is 0 Å². The molecular weight excluding hydrogens is 431 g/mol. The van der Waals surface area contributed by atoms with Crippen LogP contribution in [0.4, 0.5) is 18.9 Å². The number of hydrogen-bond acceptors (Lipinski definition) is 3. The van der Waals surface area contributed by atoms with E-state index in [0.717, 1.165) is 49.6 Å². The molecule has 3 N–H and O–H groups in total. The summed E-state index contributed by atoms with van der Waals surface area (Å²) in [5, 5.41) is 8.68. The number of halogens is 3. The normalized spacial score (nSPS) is 15.0. The number of anilines is 1. The van der Waals surface area contributed by atoms with Crippen molar-refractivity contribution in [2.45, 2.75) is 51.0 Å². The van der Waals surface area contributed by atoms with Crippen LogP contribution in [-0.2, 0) is 16.0 Å². The lowest BCUT2D eigenvalue weighted by molar-refractivity contribution is -0.129. The van der Waals surface area contributed by atoms with Crippen molar-refractivity contribution in [1.29, 1.82) is 0 Å². The highest BCUT2D eigenvalue weighted by Crippen LogP contribution is 2.27. The molecule has 0 aromatic heterocycles.